The second-order valence-electron chi connectivity index (χ2n) is 4.25. The minimum atomic E-state index is -0.0886. The molecule has 0 radical (unpaired) electrons. The van der Waals surface area contributed by atoms with E-state index in [2.05, 4.69) is 19.2 Å². The first-order valence-electron chi connectivity index (χ1n) is 5.66. The van der Waals surface area contributed by atoms with Crippen molar-refractivity contribution < 1.29 is 5.11 Å². The maximum atomic E-state index is 9.58. The Morgan fingerprint density at radius 3 is 2.31 bits per heavy atom. The van der Waals surface area contributed by atoms with Crippen LogP contribution in [0.1, 0.15) is 39.5 Å². The zero-order valence-electron chi connectivity index (χ0n) is 8.92. The lowest BCUT2D eigenvalue weighted by atomic mass is 10.0. The fourth-order valence-corrected chi connectivity index (χ4v) is 1.66. The van der Waals surface area contributed by atoms with Gasteiger partial charge in [-0.05, 0) is 31.2 Å². The van der Waals surface area contributed by atoms with Gasteiger partial charge in [0.15, 0.2) is 0 Å². The molecule has 0 saturated heterocycles. The van der Waals surface area contributed by atoms with Crippen molar-refractivity contribution in [3.05, 3.63) is 0 Å². The standard InChI is InChI=1S/C11H23NO/c1-3-9(4-2)7-12-8-11(13)10-5-6-10/h9-13H,3-8H2,1-2H3. The zero-order valence-corrected chi connectivity index (χ0v) is 8.92. The third kappa shape index (κ3) is 4.10. The lowest BCUT2D eigenvalue weighted by Crippen LogP contribution is -2.31. The average molecular weight is 185 g/mol. The highest BCUT2D eigenvalue weighted by Crippen LogP contribution is 2.32. The summed E-state index contributed by atoms with van der Waals surface area (Å²) in [5.74, 6) is 1.39. The molecule has 1 saturated carbocycles. The monoisotopic (exact) mass is 185 g/mol. The summed E-state index contributed by atoms with van der Waals surface area (Å²) in [6.45, 7) is 6.32. The van der Waals surface area contributed by atoms with E-state index >= 15 is 0 Å². The topological polar surface area (TPSA) is 32.3 Å². The first-order chi connectivity index (χ1) is 6.27. The molecule has 1 unspecified atom stereocenters. The summed E-state index contributed by atoms with van der Waals surface area (Å²) < 4.78 is 0. The quantitative estimate of drug-likeness (QED) is 0.633. The first kappa shape index (κ1) is 11.0. The maximum absolute atomic E-state index is 9.58. The highest BCUT2D eigenvalue weighted by atomic mass is 16.3. The van der Waals surface area contributed by atoms with Crippen molar-refractivity contribution >= 4 is 0 Å². The molecule has 1 aliphatic rings. The molecule has 1 fully saturated rings. The minimum Gasteiger partial charge on any atom is -0.392 e. The van der Waals surface area contributed by atoms with E-state index in [1.165, 1.54) is 25.7 Å². The van der Waals surface area contributed by atoms with Crippen LogP contribution in [-0.2, 0) is 0 Å². The van der Waals surface area contributed by atoms with Crippen LogP contribution in [-0.4, -0.2) is 24.3 Å². The smallest absolute Gasteiger partial charge is 0.0692 e. The van der Waals surface area contributed by atoms with Gasteiger partial charge in [-0.1, -0.05) is 26.7 Å². The summed E-state index contributed by atoms with van der Waals surface area (Å²) in [6, 6.07) is 0. The Bertz CT molecular complexity index is 128. The van der Waals surface area contributed by atoms with E-state index in [4.69, 9.17) is 0 Å². The number of rotatable bonds is 7. The molecule has 2 heteroatoms. The summed E-state index contributed by atoms with van der Waals surface area (Å²) in [6.07, 6.45) is 4.85. The van der Waals surface area contributed by atoms with Gasteiger partial charge in [-0.25, -0.2) is 0 Å². The van der Waals surface area contributed by atoms with Crippen molar-refractivity contribution in [2.45, 2.75) is 45.6 Å². The van der Waals surface area contributed by atoms with Crippen molar-refractivity contribution in [1.82, 2.24) is 5.32 Å². The summed E-state index contributed by atoms with van der Waals surface area (Å²) in [5.41, 5.74) is 0. The van der Waals surface area contributed by atoms with E-state index in [0.29, 0.717) is 5.92 Å². The van der Waals surface area contributed by atoms with Gasteiger partial charge in [-0.15, -0.1) is 0 Å². The number of nitrogens with one attached hydrogen (secondary N) is 1. The molecule has 0 spiro atoms. The summed E-state index contributed by atoms with van der Waals surface area (Å²) >= 11 is 0. The second-order valence-corrected chi connectivity index (χ2v) is 4.25. The van der Waals surface area contributed by atoms with Gasteiger partial charge < -0.3 is 10.4 Å². The normalized spacial score (nSPS) is 19.4. The lowest BCUT2D eigenvalue weighted by Gasteiger charge is -2.15. The molecule has 1 atom stereocenters. The Balaban J connectivity index is 1.98. The highest BCUT2D eigenvalue weighted by Gasteiger charge is 2.29. The Hall–Kier alpha value is -0.0800. The van der Waals surface area contributed by atoms with Crippen molar-refractivity contribution in [3.8, 4) is 0 Å². The number of hydrogen-bond donors (Lipinski definition) is 2. The van der Waals surface area contributed by atoms with Gasteiger partial charge in [0.05, 0.1) is 6.10 Å². The Kier molecular flexibility index (Phi) is 4.74. The molecule has 2 nitrogen and oxygen atoms in total. The third-order valence-corrected chi connectivity index (χ3v) is 3.11. The fourth-order valence-electron chi connectivity index (χ4n) is 1.66. The molecular weight excluding hydrogens is 162 g/mol. The molecular formula is C11H23NO. The van der Waals surface area contributed by atoms with Crippen LogP contribution >= 0.6 is 0 Å². The van der Waals surface area contributed by atoms with Gasteiger partial charge >= 0.3 is 0 Å². The van der Waals surface area contributed by atoms with Crippen LogP contribution in [0.3, 0.4) is 0 Å². The first-order valence-corrected chi connectivity index (χ1v) is 5.66. The minimum absolute atomic E-state index is 0.0886. The van der Waals surface area contributed by atoms with Crippen LogP contribution in [0.5, 0.6) is 0 Å². The second kappa shape index (κ2) is 5.61. The van der Waals surface area contributed by atoms with E-state index in [9.17, 15) is 5.11 Å². The van der Waals surface area contributed by atoms with E-state index in [1.807, 2.05) is 0 Å². The molecule has 1 rings (SSSR count). The summed E-state index contributed by atoms with van der Waals surface area (Å²) in [5, 5.41) is 12.9. The maximum Gasteiger partial charge on any atom is 0.0692 e. The van der Waals surface area contributed by atoms with Crippen molar-refractivity contribution in [1.29, 1.82) is 0 Å². The van der Waals surface area contributed by atoms with E-state index in [-0.39, 0.29) is 6.10 Å². The van der Waals surface area contributed by atoms with Gasteiger partial charge in [0.25, 0.3) is 0 Å². The molecule has 0 aliphatic heterocycles. The molecule has 78 valence electrons. The van der Waals surface area contributed by atoms with E-state index < -0.39 is 0 Å². The van der Waals surface area contributed by atoms with E-state index in [1.54, 1.807) is 0 Å². The van der Waals surface area contributed by atoms with Crippen molar-refractivity contribution in [3.63, 3.8) is 0 Å². The van der Waals surface area contributed by atoms with Crippen LogP contribution in [0.4, 0.5) is 0 Å². The van der Waals surface area contributed by atoms with Crippen LogP contribution in [0, 0.1) is 11.8 Å². The van der Waals surface area contributed by atoms with E-state index in [0.717, 1.165) is 19.0 Å². The van der Waals surface area contributed by atoms with Gasteiger partial charge in [0, 0.05) is 6.54 Å². The number of hydrogen-bond acceptors (Lipinski definition) is 2. The zero-order chi connectivity index (χ0) is 9.68. The average Bonchev–Trinajstić information content (AvgIpc) is 2.95. The molecule has 0 aromatic rings. The molecule has 0 aromatic carbocycles. The summed E-state index contributed by atoms with van der Waals surface area (Å²) in [7, 11) is 0. The van der Waals surface area contributed by atoms with Crippen LogP contribution in [0.2, 0.25) is 0 Å². The Morgan fingerprint density at radius 1 is 1.23 bits per heavy atom. The molecule has 0 aromatic heterocycles. The Morgan fingerprint density at radius 2 is 1.85 bits per heavy atom. The van der Waals surface area contributed by atoms with Gasteiger partial charge in [-0.2, -0.15) is 0 Å². The van der Waals surface area contributed by atoms with Crippen LogP contribution in [0.25, 0.3) is 0 Å². The highest BCUT2D eigenvalue weighted by molar-refractivity contribution is 4.82. The molecule has 0 amide bonds. The van der Waals surface area contributed by atoms with Gasteiger partial charge in [0.1, 0.15) is 0 Å². The van der Waals surface area contributed by atoms with Crippen molar-refractivity contribution in [2.75, 3.05) is 13.1 Å². The van der Waals surface area contributed by atoms with Gasteiger partial charge in [0.2, 0.25) is 0 Å². The molecule has 0 bridgehead atoms. The lowest BCUT2D eigenvalue weighted by molar-refractivity contribution is 0.147. The van der Waals surface area contributed by atoms with Crippen molar-refractivity contribution in [2.24, 2.45) is 11.8 Å². The molecule has 0 heterocycles. The predicted molar refractivity (Wildman–Crippen MR) is 55.7 cm³/mol. The largest absolute Gasteiger partial charge is 0.392 e. The Labute approximate surface area is 81.7 Å². The number of aliphatic hydroxyl groups excluding tert-OH is 1. The summed E-state index contributed by atoms with van der Waals surface area (Å²) in [4.78, 5) is 0. The fraction of sp³-hybridized carbons (Fsp3) is 1.00. The third-order valence-electron chi connectivity index (χ3n) is 3.11. The number of aliphatic hydroxyl groups is 1. The molecule has 13 heavy (non-hydrogen) atoms. The van der Waals surface area contributed by atoms with Gasteiger partial charge in [-0.3, -0.25) is 0 Å². The predicted octanol–water partition coefficient (Wildman–Crippen LogP) is 1.78. The SMILES string of the molecule is CCC(CC)CNCC(O)C1CC1. The van der Waals surface area contributed by atoms with Crippen LogP contribution in [0.15, 0.2) is 0 Å². The molecule has 2 N–H and O–H groups in total. The van der Waals surface area contributed by atoms with Crippen LogP contribution < -0.4 is 5.32 Å². The molecule has 1 aliphatic carbocycles.